The van der Waals surface area contributed by atoms with E-state index in [4.69, 9.17) is 4.74 Å². The maximum absolute atomic E-state index is 14.2. The van der Waals surface area contributed by atoms with Crippen LogP contribution in [0.1, 0.15) is 33.3 Å². The van der Waals surface area contributed by atoms with Crippen LogP contribution in [0, 0.1) is 0 Å². The molecule has 0 unspecified atom stereocenters. The molecule has 1 rings (SSSR count). The van der Waals surface area contributed by atoms with Crippen LogP contribution < -0.4 is 4.74 Å². The molecule has 0 radical (unpaired) electrons. The SMILES string of the molecule is COc1ccc(C/C(=N/S(=O)(=O)C(F)(F)C(F)(F)C(F)(F)C(F)(F)F)N(C(C)C)C(C)C)cc1. The first-order chi connectivity index (χ1) is 15.1. The Kier molecular flexibility index (Phi) is 8.62. The summed E-state index contributed by atoms with van der Waals surface area (Å²) in [5.74, 6) is -15.1. The van der Waals surface area contributed by atoms with Gasteiger partial charge in [0.2, 0.25) is 0 Å². The number of alkyl halides is 9. The van der Waals surface area contributed by atoms with E-state index in [2.05, 4.69) is 4.40 Å². The van der Waals surface area contributed by atoms with Crippen molar-refractivity contribution in [3.05, 3.63) is 29.8 Å². The zero-order chi connectivity index (χ0) is 26.9. The van der Waals surface area contributed by atoms with Crippen molar-refractivity contribution in [3.8, 4) is 5.75 Å². The Hall–Kier alpha value is -2.19. The van der Waals surface area contributed by atoms with Crippen molar-refractivity contribution < 1.29 is 52.7 Å². The summed E-state index contributed by atoms with van der Waals surface area (Å²) in [5, 5.41) is -6.90. The lowest BCUT2D eigenvalue weighted by Gasteiger charge is -2.35. The maximum atomic E-state index is 14.2. The molecule has 0 saturated heterocycles. The lowest BCUT2D eigenvalue weighted by molar-refractivity contribution is -0.382. The first-order valence-electron chi connectivity index (χ1n) is 9.58. The fraction of sp³-hybridized carbons (Fsp3) is 0.632. The molecule has 0 aromatic heterocycles. The van der Waals surface area contributed by atoms with Crippen LogP contribution in [-0.4, -0.2) is 61.6 Å². The van der Waals surface area contributed by atoms with Crippen LogP contribution in [0.3, 0.4) is 0 Å². The molecule has 0 N–H and O–H groups in total. The Labute approximate surface area is 190 Å². The zero-order valence-corrected chi connectivity index (χ0v) is 19.4. The van der Waals surface area contributed by atoms with Gasteiger partial charge in [-0.15, -0.1) is 4.40 Å². The Bertz CT molecular complexity index is 966. The summed E-state index contributed by atoms with van der Waals surface area (Å²) in [4.78, 5) is 1.12. The van der Waals surface area contributed by atoms with Gasteiger partial charge in [0.05, 0.1) is 7.11 Å². The second kappa shape index (κ2) is 9.82. The van der Waals surface area contributed by atoms with E-state index in [1.54, 1.807) is 0 Å². The van der Waals surface area contributed by atoms with Crippen LogP contribution in [0.25, 0.3) is 0 Å². The lowest BCUT2D eigenvalue weighted by atomic mass is 10.1. The third-order valence-electron chi connectivity index (χ3n) is 4.60. The van der Waals surface area contributed by atoms with E-state index in [1.165, 1.54) is 59.1 Å². The van der Waals surface area contributed by atoms with Gasteiger partial charge in [-0.2, -0.15) is 47.9 Å². The molecule has 15 heteroatoms. The number of methoxy groups -OCH3 is 1. The molecular formula is C19H23F9N2O3S. The molecule has 0 spiro atoms. The standard InChI is InChI=1S/C19H23F9N2O3S/c1-11(2)30(12(3)4)15(10-13-6-8-14(33-5)9-7-13)29-34(31,32)19(27,28)17(22,23)16(20,21)18(24,25)26/h6-9,11-12H,10H2,1-5H3/b29-15-. The topological polar surface area (TPSA) is 59.0 Å². The van der Waals surface area contributed by atoms with Crippen molar-refractivity contribution in [1.29, 1.82) is 0 Å². The number of benzene rings is 1. The highest BCUT2D eigenvalue weighted by atomic mass is 32.2. The Morgan fingerprint density at radius 1 is 0.882 bits per heavy atom. The smallest absolute Gasteiger partial charge is 0.460 e. The normalized spacial score (nSPS) is 14.6. The molecular weight excluding hydrogens is 507 g/mol. The molecule has 1 aromatic rings. The fourth-order valence-electron chi connectivity index (χ4n) is 3.01. The molecule has 5 nitrogen and oxygen atoms in total. The highest BCUT2D eigenvalue weighted by Crippen LogP contribution is 2.55. The average molecular weight is 530 g/mol. The summed E-state index contributed by atoms with van der Waals surface area (Å²) in [6.45, 7) is 5.89. The van der Waals surface area contributed by atoms with Gasteiger partial charge in [0.1, 0.15) is 11.6 Å². The van der Waals surface area contributed by atoms with Crippen LogP contribution in [0.5, 0.6) is 5.75 Å². The van der Waals surface area contributed by atoms with E-state index >= 15 is 0 Å². The minimum absolute atomic E-state index is 0.233. The highest BCUT2D eigenvalue weighted by Gasteiger charge is 2.85. The molecule has 0 atom stereocenters. The summed E-state index contributed by atoms with van der Waals surface area (Å²) in [6, 6.07) is 4.23. The molecule has 0 aliphatic rings. The second-order valence-corrected chi connectivity index (χ2v) is 9.41. The third-order valence-corrected chi connectivity index (χ3v) is 5.95. The number of nitrogens with zero attached hydrogens (tertiary/aromatic N) is 2. The Balaban J connectivity index is 3.70. The fourth-order valence-corrected chi connectivity index (χ4v) is 4.01. The van der Waals surface area contributed by atoms with Crippen LogP contribution >= 0.6 is 0 Å². The molecule has 196 valence electrons. The zero-order valence-electron chi connectivity index (χ0n) is 18.6. The summed E-state index contributed by atoms with van der Waals surface area (Å²) in [7, 11) is -5.61. The monoisotopic (exact) mass is 530 g/mol. The van der Waals surface area contributed by atoms with Crippen molar-refractivity contribution in [1.82, 2.24) is 4.90 Å². The molecule has 0 amide bonds. The molecule has 0 bridgehead atoms. The molecule has 0 saturated carbocycles. The van der Waals surface area contributed by atoms with Crippen molar-refractivity contribution in [2.45, 2.75) is 69.5 Å². The summed E-state index contributed by atoms with van der Waals surface area (Å²) in [6.07, 6.45) is -7.72. The van der Waals surface area contributed by atoms with Gasteiger partial charge < -0.3 is 9.64 Å². The van der Waals surface area contributed by atoms with Crippen molar-refractivity contribution in [3.63, 3.8) is 0 Å². The maximum Gasteiger partial charge on any atom is 0.460 e. The first kappa shape index (κ1) is 29.8. The van der Waals surface area contributed by atoms with Gasteiger partial charge in [-0.1, -0.05) is 12.1 Å². The van der Waals surface area contributed by atoms with Gasteiger partial charge in [-0.05, 0) is 45.4 Å². The average Bonchev–Trinajstić information content (AvgIpc) is 2.66. The Morgan fingerprint density at radius 2 is 1.32 bits per heavy atom. The van der Waals surface area contributed by atoms with E-state index in [-0.39, 0.29) is 5.56 Å². The summed E-state index contributed by atoms with van der Waals surface area (Å²) < 4.78 is 151. The van der Waals surface area contributed by atoms with Crippen LogP contribution in [0.15, 0.2) is 28.7 Å². The van der Waals surface area contributed by atoms with E-state index in [9.17, 15) is 47.9 Å². The van der Waals surface area contributed by atoms with Gasteiger partial charge in [0.25, 0.3) is 0 Å². The van der Waals surface area contributed by atoms with E-state index in [0.717, 1.165) is 4.90 Å². The number of rotatable bonds is 9. The van der Waals surface area contributed by atoms with Gasteiger partial charge in [-0.3, -0.25) is 0 Å². The van der Waals surface area contributed by atoms with Gasteiger partial charge in [0, 0.05) is 18.5 Å². The first-order valence-corrected chi connectivity index (χ1v) is 11.0. The number of hydrogen-bond donors (Lipinski definition) is 0. The van der Waals surface area contributed by atoms with E-state index < -0.39 is 57.6 Å². The number of amidine groups is 1. The van der Waals surface area contributed by atoms with Crippen LogP contribution in [0.2, 0.25) is 0 Å². The molecule has 0 aliphatic heterocycles. The van der Waals surface area contributed by atoms with Crippen molar-refractivity contribution >= 4 is 15.9 Å². The number of hydrogen-bond acceptors (Lipinski definition) is 3. The largest absolute Gasteiger partial charge is 0.497 e. The molecule has 0 fully saturated rings. The minimum Gasteiger partial charge on any atom is -0.497 e. The Morgan fingerprint density at radius 3 is 1.68 bits per heavy atom. The molecule has 34 heavy (non-hydrogen) atoms. The van der Waals surface area contributed by atoms with Gasteiger partial charge in [-0.25, -0.2) is 0 Å². The van der Waals surface area contributed by atoms with Crippen molar-refractivity contribution in [2.75, 3.05) is 7.11 Å². The molecule has 1 aromatic carbocycles. The van der Waals surface area contributed by atoms with Crippen molar-refractivity contribution in [2.24, 2.45) is 4.40 Å². The van der Waals surface area contributed by atoms with Gasteiger partial charge >= 0.3 is 33.3 Å². The predicted molar refractivity (Wildman–Crippen MR) is 106 cm³/mol. The highest BCUT2D eigenvalue weighted by molar-refractivity contribution is 7.91. The van der Waals surface area contributed by atoms with Gasteiger partial charge in [0.15, 0.2) is 0 Å². The lowest BCUT2D eigenvalue weighted by Crippen LogP contribution is -2.63. The second-order valence-electron chi connectivity index (χ2n) is 7.77. The number of halogens is 9. The van der Waals surface area contributed by atoms with E-state index in [1.807, 2.05) is 0 Å². The number of ether oxygens (including phenoxy) is 1. The predicted octanol–water partition coefficient (Wildman–Crippen LogP) is 5.51. The summed E-state index contributed by atoms with van der Waals surface area (Å²) >= 11 is 0. The molecule has 0 aliphatic carbocycles. The quantitative estimate of drug-likeness (QED) is 0.240. The summed E-state index contributed by atoms with van der Waals surface area (Å²) in [5.41, 5.74) is 0.233. The minimum atomic E-state index is -7.36. The number of sulfonamides is 1. The van der Waals surface area contributed by atoms with Crippen LogP contribution in [0.4, 0.5) is 39.5 Å². The van der Waals surface area contributed by atoms with Crippen LogP contribution in [-0.2, 0) is 16.4 Å². The molecule has 0 heterocycles. The third kappa shape index (κ3) is 5.54. The van der Waals surface area contributed by atoms with E-state index in [0.29, 0.717) is 5.75 Å².